The number of amides is 1. The third-order valence-electron chi connectivity index (χ3n) is 3.44. The Labute approximate surface area is 102 Å². The van der Waals surface area contributed by atoms with Crippen LogP contribution in [0.1, 0.15) is 33.1 Å². The summed E-state index contributed by atoms with van der Waals surface area (Å²) in [6.07, 6.45) is 2.62. The van der Waals surface area contributed by atoms with Gasteiger partial charge in [0, 0.05) is 6.42 Å². The highest BCUT2D eigenvalue weighted by molar-refractivity contribution is 5.83. The summed E-state index contributed by atoms with van der Waals surface area (Å²) < 4.78 is 0. The Morgan fingerprint density at radius 3 is 2.47 bits per heavy atom. The first kappa shape index (κ1) is 14.0. The molecule has 1 saturated heterocycles. The molecule has 0 radical (unpaired) electrons. The first-order valence-corrected chi connectivity index (χ1v) is 6.23. The third-order valence-corrected chi connectivity index (χ3v) is 3.44. The highest BCUT2D eigenvalue weighted by Gasteiger charge is 2.23. The highest BCUT2D eigenvalue weighted by atomic mass is 16.4. The molecule has 2 unspecified atom stereocenters. The molecule has 5 nitrogen and oxygen atoms in total. The van der Waals surface area contributed by atoms with Crippen molar-refractivity contribution in [1.82, 2.24) is 10.6 Å². The van der Waals surface area contributed by atoms with Crippen molar-refractivity contribution in [3.8, 4) is 0 Å². The topological polar surface area (TPSA) is 78.4 Å². The monoisotopic (exact) mass is 242 g/mol. The number of hydrogen-bond acceptors (Lipinski definition) is 3. The predicted molar refractivity (Wildman–Crippen MR) is 64.6 cm³/mol. The van der Waals surface area contributed by atoms with E-state index in [0.29, 0.717) is 18.3 Å². The quantitative estimate of drug-likeness (QED) is 0.659. The molecule has 1 heterocycles. The zero-order chi connectivity index (χ0) is 12.8. The largest absolute Gasteiger partial charge is 0.480 e. The number of aliphatic carboxylic acids is 1. The van der Waals surface area contributed by atoms with E-state index in [2.05, 4.69) is 17.6 Å². The maximum absolute atomic E-state index is 11.6. The van der Waals surface area contributed by atoms with Crippen molar-refractivity contribution in [2.45, 2.75) is 39.2 Å². The summed E-state index contributed by atoms with van der Waals surface area (Å²) in [5, 5.41) is 14.5. The van der Waals surface area contributed by atoms with Crippen LogP contribution in [0.5, 0.6) is 0 Å². The summed E-state index contributed by atoms with van der Waals surface area (Å²) in [7, 11) is 0. The Morgan fingerprint density at radius 1 is 1.35 bits per heavy atom. The minimum absolute atomic E-state index is 0.161. The van der Waals surface area contributed by atoms with Gasteiger partial charge >= 0.3 is 5.97 Å². The Hall–Kier alpha value is -1.10. The lowest BCUT2D eigenvalue weighted by molar-refractivity contribution is -0.141. The van der Waals surface area contributed by atoms with Crippen molar-refractivity contribution in [2.75, 3.05) is 13.1 Å². The standard InChI is InChI=1S/C12H22N2O3/c1-8(10-3-5-13-6-4-10)7-11(15)14-9(2)12(16)17/h8-10,13H,3-7H2,1-2H3,(H,14,15)(H,16,17). The molecule has 0 aromatic carbocycles. The van der Waals surface area contributed by atoms with Crippen LogP contribution >= 0.6 is 0 Å². The van der Waals surface area contributed by atoms with E-state index in [9.17, 15) is 9.59 Å². The van der Waals surface area contributed by atoms with E-state index in [1.165, 1.54) is 6.92 Å². The van der Waals surface area contributed by atoms with Crippen molar-refractivity contribution in [2.24, 2.45) is 11.8 Å². The molecule has 0 bridgehead atoms. The first-order chi connectivity index (χ1) is 8.00. The molecule has 0 saturated carbocycles. The highest BCUT2D eigenvalue weighted by Crippen LogP contribution is 2.24. The fourth-order valence-electron chi connectivity index (χ4n) is 2.23. The Balaban J connectivity index is 2.31. The fourth-order valence-corrected chi connectivity index (χ4v) is 2.23. The molecule has 1 aliphatic heterocycles. The molecule has 17 heavy (non-hydrogen) atoms. The second kappa shape index (κ2) is 6.59. The van der Waals surface area contributed by atoms with E-state index < -0.39 is 12.0 Å². The zero-order valence-electron chi connectivity index (χ0n) is 10.5. The van der Waals surface area contributed by atoms with Gasteiger partial charge in [-0.25, -0.2) is 0 Å². The number of nitrogens with one attached hydrogen (secondary N) is 2. The van der Waals surface area contributed by atoms with Gasteiger partial charge in [0.05, 0.1) is 0 Å². The lowest BCUT2D eigenvalue weighted by atomic mass is 9.84. The van der Waals surface area contributed by atoms with Gasteiger partial charge in [0.25, 0.3) is 0 Å². The van der Waals surface area contributed by atoms with E-state index in [0.717, 1.165) is 25.9 Å². The van der Waals surface area contributed by atoms with Gasteiger partial charge < -0.3 is 15.7 Å². The van der Waals surface area contributed by atoms with Crippen molar-refractivity contribution >= 4 is 11.9 Å². The average molecular weight is 242 g/mol. The maximum atomic E-state index is 11.6. The predicted octanol–water partition coefficient (Wildman–Crippen LogP) is 0.602. The molecule has 2 atom stereocenters. The smallest absolute Gasteiger partial charge is 0.325 e. The maximum Gasteiger partial charge on any atom is 0.325 e. The van der Waals surface area contributed by atoms with Crippen LogP contribution in [0.4, 0.5) is 0 Å². The van der Waals surface area contributed by atoms with Crippen molar-refractivity contribution < 1.29 is 14.7 Å². The van der Waals surface area contributed by atoms with E-state index >= 15 is 0 Å². The van der Waals surface area contributed by atoms with Crippen LogP contribution in [-0.2, 0) is 9.59 Å². The van der Waals surface area contributed by atoms with Gasteiger partial charge in [0.2, 0.25) is 5.91 Å². The average Bonchev–Trinajstić information content (AvgIpc) is 2.29. The lowest BCUT2D eigenvalue weighted by Crippen LogP contribution is -2.40. The summed E-state index contributed by atoms with van der Waals surface area (Å²) in [5.41, 5.74) is 0. The van der Waals surface area contributed by atoms with Crippen LogP contribution in [0.2, 0.25) is 0 Å². The molecule has 1 fully saturated rings. The van der Waals surface area contributed by atoms with Crippen molar-refractivity contribution in [1.29, 1.82) is 0 Å². The summed E-state index contributed by atoms with van der Waals surface area (Å²) in [6, 6.07) is -0.803. The fraction of sp³-hybridized carbons (Fsp3) is 0.833. The molecule has 5 heteroatoms. The van der Waals surface area contributed by atoms with Crippen LogP contribution in [0, 0.1) is 11.8 Å². The minimum atomic E-state index is -0.993. The van der Waals surface area contributed by atoms with Crippen LogP contribution < -0.4 is 10.6 Å². The van der Waals surface area contributed by atoms with Gasteiger partial charge in [-0.3, -0.25) is 9.59 Å². The number of piperidine rings is 1. The molecule has 0 spiro atoms. The minimum Gasteiger partial charge on any atom is -0.480 e. The van der Waals surface area contributed by atoms with Gasteiger partial charge in [0.1, 0.15) is 6.04 Å². The van der Waals surface area contributed by atoms with Gasteiger partial charge in [-0.15, -0.1) is 0 Å². The molecule has 0 aromatic rings. The van der Waals surface area contributed by atoms with E-state index in [1.807, 2.05) is 0 Å². The zero-order valence-corrected chi connectivity index (χ0v) is 10.5. The number of carbonyl (C=O) groups excluding carboxylic acids is 1. The Bertz CT molecular complexity index is 275. The van der Waals surface area contributed by atoms with Crippen molar-refractivity contribution in [3.05, 3.63) is 0 Å². The molecular weight excluding hydrogens is 220 g/mol. The molecule has 1 rings (SSSR count). The van der Waals surface area contributed by atoms with Gasteiger partial charge in [-0.2, -0.15) is 0 Å². The third kappa shape index (κ3) is 4.73. The lowest BCUT2D eigenvalue weighted by Gasteiger charge is -2.28. The molecule has 3 N–H and O–H groups in total. The summed E-state index contributed by atoms with van der Waals surface area (Å²) in [5.74, 6) is -0.265. The van der Waals surface area contributed by atoms with Crippen LogP contribution in [0.25, 0.3) is 0 Å². The number of carboxylic acids is 1. The van der Waals surface area contributed by atoms with E-state index in [4.69, 9.17) is 5.11 Å². The van der Waals surface area contributed by atoms with Crippen LogP contribution in [-0.4, -0.2) is 36.1 Å². The van der Waals surface area contributed by atoms with Gasteiger partial charge in [0.15, 0.2) is 0 Å². The number of carbonyl (C=O) groups is 2. The van der Waals surface area contributed by atoms with Gasteiger partial charge in [-0.05, 0) is 44.7 Å². The summed E-state index contributed by atoms with van der Waals surface area (Å²) >= 11 is 0. The van der Waals surface area contributed by atoms with Crippen LogP contribution in [0.3, 0.4) is 0 Å². The Morgan fingerprint density at radius 2 is 1.94 bits per heavy atom. The molecule has 0 aliphatic carbocycles. The second-order valence-corrected chi connectivity index (χ2v) is 4.90. The number of hydrogen-bond donors (Lipinski definition) is 3. The molecular formula is C12H22N2O3. The van der Waals surface area contributed by atoms with Crippen molar-refractivity contribution in [3.63, 3.8) is 0 Å². The normalized spacial score (nSPS) is 20.6. The van der Waals surface area contributed by atoms with E-state index in [-0.39, 0.29) is 5.91 Å². The summed E-state index contributed by atoms with van der Waals surface area (Å²) in [4.78, 5) is 22.2. The first-order valence-electron chi connectivity index (χ1n) is 6.23. The molecule has 98 valence electrons. The molecule has 0 aromatic heterocycles. The Kier molecular flexibility index (Phi) is 5.41. The van der Waals surface area contributed by atoms with Crippen LogP contribution in [0.15, 0.2) is 0 Å². The molecule has 1 aliphatic rings. The number of rotatable bonds is 5. The SMILES string of the molecule is CC(NC(=O)CC(C)C1CCNCC1)C(=O)O. The van der Waals surface area contributed by atoms with E-state index in [1.54, 1.807) is 0 Å². The molecule has 1 amide bonds. The van der Waals surface area contributed by atoms with Gasteiger partial charge in [-0.1, -0.05) is 6.92 Å². The second-order valence-electron chi connectivity index (χ2n) is 4.90. The number of carboxylic acid groups (broad SMARTS) is 1. The summed E-state index contributed by atoms with van der Waals surface area (Å²) in [6.45, 7) is 5.58.